The lowest BCUT2D eigenvalue weighted by Crippen LogP contribution is -2.15. The first-order valence-corrected chi connectivity index (χ1v) is 8.86. The minimum atomic E-state index is -0.156. The van der Waals surface area contributed by atoms with Gasteiger partial charge in [0.25, 0.3) is 5.91 Å². The fourth-order valence-electron chi connectivity index (χ4n) is 2.81. The zero-order chi connectivity index (χ0) is 16.5. The summed E-state index contributed by atoms with van der Waals surface area (Å²) in [6, 6.07) is 10.0. The molecule has 4 rings (SSSR count). The van der Waals surface area contributed by atoms with E-state index >= 15 is 0 Å². The average Bonchev–Trinajstić information content (AvgIpc) is 3.28. The fourth-order valence-corrected chi connectivity index (χ4v) is 3.85. The SMILES string of the molecule is Cn1nc2c(c1NC(=O)c1cnn(Cc3ccccc3)c1)CSC2. The molecule has 24 heavy (non-hydrogen) atoms. The largest absolute Gasteiger partial charge is 0.306 e. The molecule has 0 aliphatic carbocycles. The van der Waals surface area contributed by atoms with E-state index in [9.17, 15) is 4.79 Å². The van der Waals surface area contributed by atoms with Crippen molar-refractivity contribution in [2.24, 2.45) is 7.05 Å². The van der Waals surface area contributed by atoms with E-state index in [0.717, 1.165) is 34.1 Å². The number of carbonyl (C=O) groups is 1. The fraction of sp³-hybridized carbons (Fsp3) is 0.235. The number of aromatic nitrogens is 4. The van der Waals surface area contributed by atoms with E-state index in [4.69, 9.17) is 0 Å². The first-order chi connectivity index (χ1) is 11.7. The van der Waals surface area contributed by atoms with Crippen LogP contribution in [0.25, 0.3) is 0 Å². The Hall–Kier alpha value is -2.54. The molecule has 1 aromatic carbocycles. The van der Waals surface area contributed by atoms with Crippen LogP contribution < -0.4 is 5.32 Å². The van der Waals surface area contributed by atoms with Crippen molar-refractivity contribution in [2.75, 3.05) is 5.32 Å². The lowest BCUT2D eigenvalue weighted by molar-refractivity contribution is 0.102. The van der Waals surface area contributed by atoms with Crippen molar-refractivity contribution in [3.8, 4) is 0 Å². The second kappa shape index (κ2) is 6.16. The van der Waals surface area contributed by atoms with Crippen LogP contribution in [0.2, 0.25) is 0 Å². The zero-order valence-electron chi connectivity index (χ0n) is 13.3. The van der Waals surface area contributed by atoms with Crippen LogP contribution in [-0.4, -0.2) is 25.5 Å². The summed E-state index contributed by atoms with van der Waals surface area (Å²) in [7, 11) is 1.86. The van der Waals surface area contributed by atoms with Crippen LogP contribution in [0.15, 0.2) is 42.7 Å². The number of benzene rings is 1. The van der Waals surface area contributed by atoms with Gasteiger partial charge < -0.3 is 5.32 Å². The minimum Gasteiger partial charge on any atom is -0.306 e. The van der Waals surface area contributed by atoms with Gasteiger partial charge in [-0.1, -0.05) is 30.3 Å². The molecule has 2 aromatic heterocycles. The molecule has 0 saturated heterocycles. The van der Waals surface area contributed by atoms with Crippen LogP contribution in [0.1, 0.15) is 27.2 Å². The van der Waals surface area contributed by atoms with Crippen LogP contribution in [0, 0.1) is 0 Å². The van der Waals surface area contributed by atoms with Gasteiger partial charge in [-0.15, -0.1) is 0 Å². The summed E-state index contributed by atoms with van der Waals surface area (Å²) in [5.41, 5.74) is 3.89. The number of hydrogen-bond acceptors (Lipinski definition) is 4. The highest BCUT2D eigenvalue weighted by molar-refractivity contribution is 7.98. The van der Waals surface area contributed by atoms with Crippen molar-refractivity contribution < 1.29 is 4.79 Å². The average molecular weight is 339 g/mol. The summed E-state index contributed by atoms with van der Waals surface area (Å²) in [4.78, 5) is 12.5. The summed E-state index contributed by atoms with van der Waals surface area (Å²) >= 11 is 1.82. The lowest BCUT2D eigenvalue weighted by atomic mass is 10.2. The molecule has 3 aromatic rings. The molecule has 0 saturated carbocycles. The van der Waals surface area contributed by atoms with Gasteiger partial charge in [0.1, 0.15) is 5.82 Å². The van der Waals surface area contributed by atoms with Gasteiger partial charge in [-0.25, -0.2) is 0 Å². The van der Waals surface area contributed by atoms with Crippen molar-refractivity contribution in [2.45, 2.75) is 18.1 Å². The maximum atomic E-state index is 12.5. The van der Waals surface area contributed by atoms with Crippen LogP contribution in [0.4, 0.5) is 5.82 Å². The summed E-state index contributed by atoms with van der Waals surface area (Å²) in [5, 5.41) is 11.7. The van der Waals surface area contributed by atoms with Gasteiger partial charge in [0, 0.05) is 30.3 Å². The Morgan fingerprint density at radius 2 is 2.12 bits per heavy atom. The number of hydrogen-bond donors (Lipinski definition) is 1. The highest BCUT2D eigenvalue weighted by Crippen LogP contribution is 2.34. The van der Waals surface area contributed by atoms with Gasteiger partial charge >= 0.3 is 0 Å². The van der Waals surface area contributed by atoms with Gasteiger partial charge in [-0.2, -0.15) is 22.0 Å². The van der Waals surface area contributed by atoms with E-state index in [-0.39, 0.29) is 5.91 Å². The van der Waals surface area contributed by atoms with E-state index in [1.807, 2.05) is 49.1 Å². The van der Waals surface area contributed by atoms with E-state index in [1.165, 1.54) is 0 Å². The Balaban J connectivity index is 1.50. The molecule has 1 aliphatic rings. The molecule has 3 heterocycles. The Bertz CT molecular complexity index is 884. The van der Waals surface area contributed by atoms with Gasteiger partial charge in [-0.05, 0) is 5.56 Å². The van der Waals surface area contributed by atoms with Crippen LogP contribution in [0.3, 0.4) is 0 Å². The van der Waals surface area contributed by atoms with Crippen molar-refractivity contribution in [3.63, 3.8) is 0 Å². The van der Waals surface area contributed by atoms with Gasteiger partial charge in [0.2, 0.25) is 0 Å². The Morgan fingerprint density at radius 3 is 2.96 bits per heavy atom. The quantitative estimate of drug-likeness (QED) is 0.794. The molecule has 1 amide bonds. The standard InChI is InChI=1S/C17H17N5OS/c1-21-16(14-10-24-11-15(14)20-21)19-17(23)13-7-18-22(9-13)8-12-5-3-2-4-6-12/h2-7,9H,8,10-11H2,1H3,(H,19,23). The maximum absolute atomic E-state index is 12.5. The molecule has 122 valence electrons. The predicted molar refractivity (Wildman–Crippen MR) is 93.9 cm³/mol. The first-order valence-electron chi connectivity index (χ1n) is 7.71. The maximum Gasteiger partial charge on any atom is 0.260 e. The van der Waals surface area contributed by atoms with Crippen molar-refractivity contribution >= 4 is 23.5 Å². The van der Waals surface area contributed by atoms with Gasteiger partial charge in [0.15, 0.2) is 0 Å². The Labute approximate surface area is 143 Å². The second-order valence-corrected chi connectivity index (χ2v) is 6.74. The van der Waals surface area contributed by atoms with E-state index in [2.05, 4.69) is 15.5 Å². The molecule has 0 atom stereocenters. The Morgan fingerprint density at radius 1 is 1.29 bits per heavy atom. The molecule has 0 fully saturated rings. The molecule has 7 heteroatoms. The molecule has 0 unspecified atom stereocenters. The van der Waals surface area contributed by atoms with Crippen LogP contribution >= 0.6 is 11.8 Å². The van der Waals surface area contributed by atoms with E-state index in [1.54, 1.807) is 21.8 Å². The molecular weight excluding hydrogens is 322 g/mol. The smallest absolute Gasteiger partial charge is 0.260 e. The third kappa shape index (κ3) is 2.82. The molecule has 0 bridgehead atoms. The third-order valence-corrected chi connectivity index (χ3v) is 5.00. The van der Waals surface area contributed by atoms with E-state index in [0.29, 0.717) is 12.1 Å². The van der Waals surface area contributed by atoms with Crippen molar-refractivity contribution in [1.29, 1.82) is 0 Å². The third-order valence-electron chi connectivity index (χ3n) is 4.03. The number of carbonyl (C=O) groups excluding carboxylic acids is 1. The summed E-state index contributed by atoms with van der Waals surface area (Å²) < 4.78 is 3.52. The highest BCUT2D eigenvalue weighted by atomic mass is 32.2. The van der Waals surface area contributed by atoms with E-state index < -0.39 is 0 Å². The number of anilines is 1. The minimum absolute atomic E-state index is 0.156. The topological polar surface area (TPSA) is 64.7 Å². The number of amides is 1. The first kappa shape index (κ1) is 15.0. The molecule has 0 radical (unpaired) electrons. The van der Waals surface area contributed by atoms with Crippen LogP contribution in [0.5, 0.6) is 0 Å². The highest BCUT2D eigenvalue weighted by Gasteiger charge is 2.23. The lowest BCUT2D eigenvalue weighted by Gasteiger charge is -2.06. The molecule has 6 nitrogen and oxygen atoms in total. The monoisotopic (exact) mass is 339 g/mol. The summed E-state index contributed by atoms with van der Waals surface area (Å²) in [6.07, 6.45) is 3.37. The predicted octanol–water partition coefficient (Wildman–Crippen LogP) is 2.66. The van der Waals surface area contributed by atoms with Crippen molar-refractivity contribution in [1.82, 2.24) is 19.6 Å². The van der Waals surface area contributed by atoms with Crippen molar-refractivity contribution in [3.05, 3.63) is 65.1 Å². The Kier molecular flexibility index (Phi) is 3.86. The molecule has 0 spiro atoms. The molecular formula is C17H17N5OS. The van der Waals surface area contributed by atoms with Gasteiger partial charge in [0.05, 0.1) is 24.0 Å². The van der Waals surface area contributed by atoms with Gasteiger partial charge in [-0.3, -0.25) is 14.2 Å². The number of fused-ring (bicyclic) bond motifs is 1. The van der Waals surface area contributed by atoms with Crippen LogP contribution in [-0.2, 0) is 25.1 Å². The number of rotatable bonds is 4. The number of nitrogens with one attached hydrogen (secondary N) is 1. The summed E-state index contributed by atoms with van der Waals surface area (Å²) in [6.45, 7) is 0.645. The number of aryl methyl sites for hydroxylation is 1. The number of nitrogens with zero attached hydrogens (tertiary/aromatic N) is 4. The molecule has 1 aliphatic heterocycles. The normalized spacial score (nSPS) is 13.0. The number of thioether (sulfide) groups is 1. The second-order valence-electron chi connectivity index (χ2n) is 5.76. The molecule has 1 N–H and O–H groups in total. The zero-order valence-corrected chi connectivity index (χ0v) is 14.1. The summed E-state index contributed by atoms with van der Waals surface area (Å²) in [5.74, 6) is 2.44.